The smallest absolute Gasteiger partial charge is 0.309 e. The van der Waals surface area contributed by atoms with Gasteiger partial charge in [-0.2, -0.15) is 0 Å². The number of ether oxygens (including phenoxy) is 1. The third kappa shape index (κ3) is 1.69. The molecule has 0 amide bonds. The van der Waals surface area contributed by atoms with E-state index < -0.39 is 6.10 Å². The highest BCUT2D eigenvalue weighted by atomic mass is 16.6. The largest absolute Gasteiger partial charge is 0.461 e. The molecule has 0 aromatic rings. The molecule has 3 fully saturated rings. The maximum atomic E-state index is 11.8. The van der Waals surface area contributed by atoms with Gasteiger partial charge in [-0.25, -0.2) is 0 Å². The molecule has 0 aromatic carbocycles. The number of carbonyl (C=O) groups excluding carboxylic acids is 1. The van der Waals surface area contributed by atoms with Crippen LogP contribution in [0.1, 0.15) is 40.0 Å². The Labute approximate surface area is 114 Å². The van der Waals surface area contributed by atoms with Gasteiger partial charge >= 0.3 is 5.97 Å². The molecule has 0 radical (unpaired) electrons. The molecule has 3 rings (SSSR count). The van der Waals surface area contributed by atoms with Gasteiger partial charge in [-0.05, 0) is 25.2 Å². The molecule has 19 heavy (non-hydrogen) atoms. The van der Waals surface area contributed by atoms with E-state index in [2.05, 4.69) is 6.92 Å². The van der Waals surface area contributed by atoms with Crippen molar-refractivity contribution in [1.29, 1.82) is 0 Å². The highest BCUT2D eigenvalue weighted by molar-refractivity contribution is 5.75. The molecule has 0 aromatic heterocycles. The van der Waals surface area contributed by atoms with Gasteiger partial charge in [0.05, 0.1) is 18.1 Å². The Morgan fingerprint density at radius 1 is 1.32 bits per heavy atom. The second-order valence-corrected chi connectivity index (χ2v) is 7.10. The topological polar surface area (TPSA) is 66.8 Å². The van der Waals surface area contributed by atoms with Crippen LogP contribution in [0, 0.1) is 29.1 Å². The Kier molecular flexibility index (Phi) is 2.95. The third-order valence-corrected chi connectivity index (χ3v) is 6.21. The van der Waals surface area contributed by atoms with Gasteiger partial charge in [0.1, 0.15) is 6.10 Å². The summed E-state index contributed by atoms with van der Waals surface area (Å²) in [7, 11) is 0. The van der Waals surface area contributed by atoms with Crippen LogP contribution in [0.2, 0.25) is 0 Å². The van der Waals surface area contributed by atoms with E-state index in [0.29, 0.717) is 6.42 Å². The summed E-state index contributed by atoms with van der Waals surface area (Å²) in [6.07, 6.45) is 1.31. The van der Waals surface area contributed by atoms with Gasteiger partial charge in [-0.3, -0.25) is 4.79 Å². The number of aliphatic hydroxyl groups is 2. The van der Waals surface area contributed by atoms with Crippen molar-refractivity contribution in [2.24, 2.45) is 29.1 Å². The number of rotatable bonds is 0. The molecular formula is C15H24O4. The van der Waals surface area contributed by atoms with Gasteiger partial charge in [0.2, 0.25) is 0 Å². The Morgan fingerprint density at radius 2 is 2.00 bits per heavy atom. The van der Waals surface area contributed by atoms with Crippen LogP contribution in [0.3, 0.4) is 0 Å². The van der Waals surface area contributed by atoms with Crippen molar-refractivity contribution in [2.75, 3.05) is 0 Å². The summed E-state index contributed by atoms with van der Waals surface area (Å²) in [6, 6.07) is 0. The molecule has 2 N–H and O–H groups in total. The van der Waals surface area contributed by atoms with Crippen molar-refractivity contribution in [2.45, 2.75) is 58.3 Å². The molecule has 108 valence electrons. The third-order valence-electron chi connectivity index (χ3n) is 6.21. The fourth-order valence-corrected chi connectivity index (χ4v) is 4.78. The van der Waals surface area contributed by atoms with E-state index in [1.807, 2.05) is 13.8 Å². The Balaban J connectivity index is 1.99. The lowest BCUT2D eigenvalue weighted by Gasteiger charge is -2.56. The van der Waals surface area contributed by atoms with Gasteiger partial charge < -0.3 is 14.9 Å². The maximum absolute atomic E-state index is 11.8. The van der Waals surface area contributed by atoms with E-state index in [1.165, 1.54) is 0 Å². The molecule has 1 saturated heterocycles. The molecule has 1 heterocycles. The first kappa shape index (κ1) is 13.4. The van der Waals surface area contributed by atoms with Crippen LogP contribution < -0.4 is 0 Å². The molecule has 8 atom stereocenters. The van der Waals surface area contributed by atoms with E-state index >= 15 is 0 Å². The molecule has 4 heteroatoms. The monoisotopic (exact) mass is 268 g/mol. The van der Waals surface area contributed by atoms with Crippen LogP contribution >= 0.6 is 0 Å². The number of esters is 1. The number of hydrogen-bond acceptors (Lipinski definition) is 4. The highest BCUT2D eigenvalue weighted by Crippen LogP contribution is 2.57. The zero-order valence-electron chi connectivity index (χ0n) is 11.9. The van der Waals surface area contributed by atoms with Crippen LogP contribution in [0.25, 0.3) is 0 Å². The number of hydrogen-bond donors (Lipinski definition) is 2. The summed E-state index contributed by atoms with van der Waals surface area (Å²) in [6.45, 7) is 6.02. The molecule has 0 spiro atoms. The lowest BCUT2D eigenvalue weighted by Crippen LogP contribution is -2.59. The first-order valence-corrected chi connectivity index (χ1v) is 7.43. The summed E-state index contributed by atoms with van der Waals surface area (Å²) >= 11 is 0. The Morgan fingerprint density at radius 3 is 2.68 bits per heavy atom. The van der Waals surface area contributed by atoms with E-state index in [9.17, 15) is 15.0 Å². The van der Waals surface area contributed by atoms with E-state index in [0.717, 1.165) is 12.8 Å². The normalized spacial score (nSPS) is 57.3. The highest BCUT2D eigenvalue weighted by Gasteiger charge is 2.61. The SMILES string of the molecule is C[C@H]1[C@@H]2[C@H]3OC(=O)[C@@H](C)[C@@H]3C[C@H](O)[C@@]2(C)CC[C@H]1O. The predicted molar refractivity (Wildman–Crippen MR) is 69.2 cm³/mol. The minimum absolute atomic E-state index is 0.0684. The molecule has 0 bridgehead atoms. The molecule has 2 saturated carbocycles. The predicted octanol–water partition coefficient (Wildman–Crippen LogP) is 1.34. The molecule has 3 aliphatic rings. The van der Waals surface area contributed by atoms with E-state index in [-0.39, 0.29) is 47.3 Å². The first-order valence-electron chi connectivity index (χ1n) is 7.43. The standard InChI is InChI=1S/C15H24O4/c1-7-9-6-11(17)15(3)5-4-10(16)8(2)12(15)13(9)19-14(7)18/h7-13,16-17H,4-6H2,1-3H3/t7-,8+,9-,10+,11-,12+,13-,15+/m0/s1. The average molecular weight is 268 g/mol. The zero-order chi connectivity index (χ0) is 13.9. The lowest BCUT2D eigenvalue weighted by molar-refractivity contribution is -0.184. The number of carbonyl (C=O) groups is 1. The summed E-state index contributed by atoms with van der Waals surface area (Å²) in [4.78, 5) is 11.8. The number of fused-ring (bicyclic) bond motifs is 3. The van der Waals surface area contributed by atoms with Gasteiger partial charge in [0, 0.05) is 17.3 Å². The summed E-state index contributed by atoms with van der Waals surface area (Å²) in [5.74, 6) is -0.0271. The van der Waals surface area contributed by atoms with Gasteiger partial charge in [-0.1, -0.05) is 20.8 Å². The van der Waals surface area contributed by atoms with Crippen LogP contribution in [-0.4, -0.2) is 34.5 Å². The molecule has 4 nitrogen and oxygen atoms in total. The fourth-order valence-electron chi connectivity index (χ4n) is 4.78. The summed E-state index contributed by atoms with van der Waals surface area (Å²) < 4.78 is 5.62. The molecular weight excluding hydrogens is 244 g/mol. The maximum Gasteiger partial charge on any atom is 0.309 e. The Hall–Kier alpha value is -0.610. The van der Waals surface area contributed by atoms with E-state index in [1.54, 1.807) is 0 Å². The second-order valence-electron chi connectivity index (χ2n) is 7.10. The van der Waals surface area contributed by atoms with E-state index in [4.69, 9.17) is 4.74 Å². The quantitative estimate of drug-likeness (QED) is 0.651. The zero-order valence-corrected chi connectivity index (χ0v) is 11.9. The van der Waals surface area contributed by atoms with Crippen molar-refractivity contribution in [3.8, 4) is 0 Å². The van der Waals surface area contributed by atoms with Crippen molar-refractivity contribution >= 4 is 5.97 Å². The fraction of sp³-hybridized carbons (Fsp3) is 0.933. The molecule has 0 unspecified atom stereocenters. The minimum atomic E-state index is -0.398. The minimum Gasteiger partial charge on any atom is -0.461 e. The number of aliphatic hydroxyl groups excluding tert-OH is 2. The lowest BCUT2D eigenvalue weighted by atomic mass is 9.51. The second kappa shape index (κ2) is 4.19. The average Bonchev–Trinajstić information content (AvgIpc) is 2.63. The molecule has 2 aliphatic carbocycles. The van der Waals surface area contributed by atoms with Crippen molar-refractivity contribution in [3.05, 3.63) is 0 Å². The van der Waals surface area contributed by atoms with Gasteiger partial charge in [0.25, 0.3) is 0 Å². The van der Waals surface area contributed by atoms with Crippen molar-refractivity contribution < 1.29 is 19.7 Å². The van der Waals surface area contributed by atoms with Gasteiger partial charge in [0.15, 0.2) is 0 Å². The first-order chi connectivity index (χ1) is 8.86. The van der Waals surface area contributed by atoms with Gasteiger partial charge in [-0.15, -0.1) is 0 Å². The molecule has 1 aliphatic heterocycles. The van der Waals surface area contributed by atoms with Crippen LogP contribution in [0.5, 0.6) is 0 Å². The van der Waals surface area contributed by atoms with Crippen molar-refractivity contribution in [3.63, 3.8) is 0 Å². The van der Waals surface area contributed by atoms with Crippen LogP contribution in [-0.2, 0) is 9.53 Å². The Bertz CT molecular complexity index is 396. The summed E-state index contributed by atoms with van der Waals surface area (Å²) in [5.41, 5.74) is -0.232. The van der Waals surface area contributed by atoms with Crippen LogP contribution in [0.4, 0.5) is 0 Å². The summed E-state index contributed by atoms with van der Waals surface area (Å²) in [5, 5.41) is 20.7. The van der Waals surface area contributed by atoms with Crippen LogP contribution in [0.15, 0.2) is 0 Å². The van der Waals surface area contributed by atoms with Crippen molar-refractivity contribution in [1.82, 2.24) is 0 Å².